The standard InChI is InChI=1S/C12H14N4/c13-6-5-10-1-3-11(4-2-10)16-12-9-14-7-8-15-12/h1-4,7-9H,5-6,13H2,(H,15,16). The zero-order valence-corrected chi connectivity index (χ0v) is 8.93. The van der Waals surface area contributed by atoms with Gasteiger partial charge in [0.15, 0.2) is 0 Å². The molecule has 16 heavy (non-hydrogen) atoms. The number of aromatic nitrogens is 2. The van der Waals surface area contributed by atoms with Gasteiger partial charge in [-0.1, -0.05) is 12.1 Å². The molecular formula is C12H14N4. The van der Waals surface area contributed by atoms with Gasteiger partial charge in [-0.25, -0.2) is 4.98 Å². The molecular weight excluding hydrogens is 200 g/mol. The second-order valence-electron chi connectivity index (χ2n) is 3.45. The third-order valence-electron chi connectivity index (χ3n) is 2.22. The fourth-order valence-corrected chi connectivity index (χ4v) is 1.43. The van der Waals surface area contributed by atoms with E-state index in [9.17, 15) is 0 Å². The Hall–Kier alpha value is -1.94. The van der Waals surface area contributed by atoms with Crippen LogP contribution in [0.15, 0.2) is 42.9 Å². The molecule has 4 heteroatoms. The van der Waals surface area contributed by atoms with Crippen LogP contribution in [0.25, 0.3) is 0 Å². The van der Waals surface area contributed by atoms with Crippen LogP contribution in [0.4, 0.5) is 11.5 Å². The summed E-state index contributed by atoms with van der Waals surface area (Å²) in [6, 6.07) is 8.15. The number of anilines is 2. The Morgan fingerprint density at radius 3 is 2.56 bits per heavy atom. The zero-order valence-electron chi connectivity index (χ0n) is 8.93. The molecule has 0 aliphatic carbocycles. The Kier molecular flexibility index (Phi) is 3.46. The van der Waals surface area contributed by atoms with Crippen molar-refractivity contribution >= 4 is 11.5 Å². The highest BCUT2D eigenvalue weighted by Crippen LogP contribution is 2.14. The third kappa shape index (κ3) is 2.77. The van der Waals surface area contributed by atoms with Crippen molar-refractivity contribution < 1.29 is 0 Å². The van der Waals surface area contributed by atoms with E-state index >= 15 is 0 Å². The smallest absolute Gasteiger partial charge is 0.148 e. The van der Waals surface area contributed by atoms with E-state index in [0.29, 0.717) is 6.54 Å². The second-order valence-corrected chi connectivity index (χ2v) is 3.45. The summed E-state index contributed by atoms with van der Waals surface area (Å²) in [5.41, 5.74) is 7.73. The van der Waals surface area contributed by atoms with E-state index in [-0.39, 0.29) is 0 Å². The second kappa shape index (κ2) is 5.23. The summed E-state index contributed by atoms with van der Waals surface area (Å²) in [6.07, 6.45) is 5.90. The minimum Gasteiger partial charge on any atom is -0.339 e. The minimum atomic E-state index is 0.678. The van der Waals surface area contributed by atoms with E-state index in [0.717, 1.165) is 17.9 Å². The summed E-state index contributed by atoms with van der Waals surface area (Å²) in [4.78, 5) is 8.13. The molecule has 3 N–H and O–H groups in total. The number of hydrogen-bond donors (Lipinski definition) is 2. The summed E-state index contributed by atoms with van der Waals surface area (Å²) in [5.74, 6) is 0.745. The van der Waals surface area contributed by atoms with Crippen LogP contribution in [0.3, 0.4) is 0 Å². The number of nitrogens with zero attached hydrogens (tertiary/aromatic N) is 2. The van der Waals surface area contributed by atoms with E-state index in [1.807, 2.05) is 12.1 Å². The van der Waals surface area contributed by atoms with E-state index in [4.69, 9.17) is 5.73 Å². The molecule has 0 saturated heterocycles. The van der Waals surface area contributed by atoms with Crippen LogP contribution >= 0.6 is 0 Å². The van der Waals surface area contributed by atoms with Crippen LogP contribution in [0.1, 0.15) is 5.56 Å². The van der Waals surface area contributed by atoms with Gasteiger partial charge >= 0.3 is 0 Å². The predicted octanol–water partition coefficient (Wildman–Crippen LogP) is 1.72. The third-order valence-corrected chi connectivity index (χ3v) is 2.22. The fourth-order valence-electron chi connectivity index (χ4n) is 1.43. The van der Waals surface area contributed by atoms with Crippen LogP contribution < -0.4 is 11.1 Å². The van der Waals surface area contributed by atoms with Crippen LogP contribution in [-0.2, 0) is 6.42 Å². The lowest BCUT2D eigenvalue weighted by molar-refractivity contribution is 0.969. The number of hydrogen-bond acceptors (Lipinski definition) is 4. The summed E-state index contributed by atoms with van der Waals surface area (Å²) >= 11 is 0. The van der Waals surface area contributed by atoms with Crippen molar-refractivity contribution in [3.05, 3.63) is 48.4 Å². The Balaban J connectivity index is 2.05. The predicted molar refractivity (Wildman–Crippen MR) is 64.5 cm³/mol. The van der Waals surface area contributed by atoms with Gasteiger partial charge in [0.2, 0.25) is 0 Å². The van der Waals surface area contributed by atoms with Crippen molar-refractivity contribution in [2.24, 2.45) is 5.73 Å². The van der Waals surface area contributed by atoms with Crippen molar-refractivity contribution in [1.29, 1.82) is 0 Å². The van der Waals surface area contributed by atoms with Crippen molar-refractivity contribution in [1.82, 2.24) is 9.97 Å². The first kappa shape index (κ1) is 10.6. The molecule has 0 amide bonds. The van der Waals surface area contributed by atoms with Crippen molar-refractivity contribution in [3.8, 4) is 0 Å². The van der Waals surface area contributed by atoms with Crippen LogP contribution in [0.2, 0.25) is 0 Å². The van der Waals surface area contributed by atoms with E-state index in [1.54, 1.807) is 18.6 Å². The Morgan fingerprint density at radius 1 is 1.12 bits per heavy atom. The topological polar surface area (TPSA) is 63.8 Å². The first-order chi connectivity index (χ1) is 7.88. The summed E-state index contributed by atoms with van der Waals surface area (Å²) < 4.78 is 0. The average molecular weight is 214 g/mol. The first-order valence-corrected chi connectivity index (χ1v) is 5.20. The molecule has 2 aromatic rings. The normalized spacial score (nSPS) is 10.1. The van der Waals surface area contributed by atoms with Gasteiger partial charge in [-0.2, -0.15) is 0 Å². The highest BCUT2D eigenvalue weighted by molar-refractivity contribution is 5.55. The monoisotopic (exact) mass is 214 g/mol. The lowest BCUT2D eigenvalue weighted by Gasteiger charge is -2.05. The number of rotatable bonds is 4. The highest BCUT2D eigenvalue weighted by Gasteiger charge is 1.95. The zero-order chi connectivity index (χ0) is 11.2. The molecule has 1 heterocycles. The van der Waals surface area contributed by atoms with Gasteiger partial charge in [0, 0.05) is 18.1 Å². The molecule has 2 rings (SSSR count). The van der Waals surface area contributed by atoms with E-state index in [1.165, 1.54) is 5.56 Å². The van der Waals surface area contributed by atoms with Gasteiger partial charge in [-0.05, 0) is 30.7 Å². The lowest BCUT2D eigenvalue weighted by atomic mass is 10.1. The summed E-state index contributed by atoms with van der Waals surface area (Å²) in [7, 11) is 0. The largest absolute Gasteiger partial charge is 0.339 e. The Bertz CT molecular complexity index is 425. The highest BCUT2D eigenvalue weighted by atomic mass is 15.0. The van der Waals surface area contributed by atoms with Crippen molar-refractivity contribution in [2.45, 2.75) is 6.42 Å². The molecule has 0 aliphatic rings. The minimum absolute atomic E-state index is 0.678. The molecule has 0 spiro atoms. The lowest BCUT2D eigenvalue weighted by Crippen LogP contribution is -2.02. The molecule has 0 unspecified atom stereocenters. The maximum atomic E-state index is 5.49. The average Bonchev–Trinajstić information content (AvgIpc) is 2.33. The van der Waals surface area contributed by atoms with Gasteiger partial charge in [-0.15, -0.1) is 0 Å². The molecule has 0 radical (unpaired) electrons. The SMILES string of the molecule is NCCc1ccc(Nc2cnccn2)cc1. The molecule has 4 nitrogen and oxygen atoms in total. The molecule has 1 aromatic carbocycles. The summed E-state index contributed by atoms with van der Waals surface area (Å²) in [6.45, 7) is 0.678. The number of nitrogens with two attached hydrogens (primary N) is 1. The van der Waals surface area contributed by atoms with Crippen molar-refractivity contribution in [2.75, 3.05) is 11.9 Å². The van der Waals surface area contributed by atoms with Gasteiger partial charge in [-0.3, -0.25) is 4.98 Å². The van der Waals surface area contributed by atoms with Gasteiger partial charge in [0.05, 0.1) is 6.20 Å². The molecule has 0 atom stereocenters. The van der Waals surface area contributed by atoms with Crippen LogP contribution in [0, 0.1) is 0 Å². The van der Waals surface area contributed by atoms with E-state index in [2.05, 4.69) is 27.4 Å². The molecule has 0 bridgehead atoms. The van der Waals surface area contributed by atoms with Crippen LogP contribution in [-0.4, -0.2) is 16.5 Å². The molecule has 0 aliphatic heterocycles. The van der Waals surface area contributed by atoms with Gasteiger partial charge in [0.25, 0.3) is 0 Å². The molecule has 82 valence electrons. The number of benzene rings is 1. The van der Waals surface area contributed by atoms with Crippen LogP contribution in [0.5, 0.6) is 0 Å². The van der Waals surface area contributed by atoms with E-state index < -0.39 is 0 Å². The Morgan fingerprint density at radius 2 is 1.94 bits per heavy atom. The van der Waals surface area contributed by atoms with Gasteiger partial charge < -0.3 is 11.1 Å². The molecule has 0 fully saturated rings. The van der Waals surface area contributed by atoms with Crippen molar-refractivity contribution in [3.63, 3.8) is 0 Å². The number of nitrogens with one attached hydrogen (secondary N) is 1. The first-order valence-electron chi connectivity index (χ1n) is 5.20. The quantitative estimate of drug-likeness (QED) is 0.813. The maximum Gasteiger partial charge on any atom is 0.148 e. The fraction of sp³-hybridized carbons (Fsp3) is 0.167. The summed E-state index contributed by atoms with van der Waals surface area (Å²) in [5, 5.41) is 3.17. The van der Waals surface area contributed by atoms with Gasteiger partial charge in [0.1, 0.15) is 5.82 Å². The maximum absolute atomic E-state index is 5.49. The Labute approximate surface area is 94.5 Å². The molecule has 0 saturated carbocycles. The molecule has 1 aromatic heterocycles.